The molecule has 5 aromatic rings. The van der Waals surface area contributed by atoms with Gasteiger partial charge in [-0.25, -0.2) is 4.98 Å². The van der Waals surface area contributed by atoms with Crippen LogP contribution in [0.25, 0.3) is 33.9 Å². The molecule has 0 saturated carbocycles. The van der Waals surface area contributed by atoms with Gasteiger partial charge in [-0.2, -0.15) is 0 Å². The van der Waals surface area contributed by atoms with Crippen molar-refractivity contribution in [3.8, 4) is 22.8 Å². The summed E-state index contributed by atoms with van der Waals surface area (Å²) in [6.07, 6.45) is 0. The zero-order chi connectivity index (χ0) is 24.4. The predicted octanol–water partition coefficient (Wildman–Crippen LogP) is 6.87. The van der Waals surface area contributed by atoms with Crippen LogP contribution in [-0.2, 0) is 6.54 Å². The fraction of sp³-hybridized carbons (Fsp3) is 0.0385. The molecular weight excluding hydrogens is 505 g/mol. The van der Waals surface area contributed by atoms with Crippen LogP contribution in [0.4, 0.5) is 0 Å². The number of carbonyl (C=O) groups is 1. The third-order valence-electron chi connectivity index (χ3n) is 5.22. The fourth-order valence-corrected chi connectivity index (χ4v) is 4.01. The van der Waals surface area contributed by atoms with E-state index in [-0.39, 0.29) is 10.9 Å². The molecule has 0 radical (unpaired) electrons. The maximum absolute atomic E-state index is 12.5. The molecule has 0 aliphatic carbocycles. The lowest BCUT2D eigenvalue weighted by atomic mass is 10.1. The number of hydrogen-bond acceptors (Lipinski definition) is 5. The Kier molecular flexibility index (Phi) is 6.55. The minimum absolute atomic E-state index is 0.0999. The van der Waals surface area contributed by atoms with Crippen molar-refractivity contribution in [2.45, 2.75) is 6.54 Å². The molecule has 0 saturated heterocycles. The van der Waals surface area contributed by atoms with Gasteiger partial charge in [-0.1, -0.05) is 53.5 Å². The summed E-state index contributed by atoms with van der Waals surface area (Å²) in [6, 6.07) is 23.8. The quantitative estimate of drug-likeness (QED) is 0.245. The molecule has 0 bridgehead atoms. The fourth-order valence-electron chi connectivity index (χ4n) is 3.45. The van der Waals surface area contributed by atoms with Gasteiger partial charge in [0.2, 0.25) is 5.89 Å². The molecule has 0 spiro atoms. The summed E-state index contributed by atoms with van der Waals surface area (Å²) in [5, 5.41) is 6.56. The Morgan fingerprint density at radius 3 is 2.51 bits per heavy atom. The SMILES string of the molecule is O=C(NC(=S)NCc1ccc(-c2nc3ccccc3o2)cc1)c1ccc(-c2cccc(Cl)c2Cl)o1. The van der Waals surface area contributed by atoms with E-state index in [2.05, 4.69) is 15.6 Å². The molecule has 2 N–H and O–H groups in total. The average molecular weight is 522 g/mol. The number of nitrogens with zero attached hydrogens (tertiary/aromatic N) is 1. The van der Waals surface area contributed by atoms with Gasteiger partial charge in [-0.05, 0) is 66.3 Å². The van der Waals surface area contributed by atoms with E-state index in [0.29, 0.717) is 33.8 Å². The normalized spacial score (nSPS) is 10.9. The zero-order valence-corrected chi connectivity index (χ0v) is 20.4. The first-order valence-electron chi connectivity index (χ1n) is 10.6. The molecule has 2 aromatic heterocycles. The molecule has 3 aromatic carbocycles. The lowest BCUT2D eigenvalue weighted by Crippen LogP contribution is -2.38. The van der Waals surface area contributed by atoms with Crippen molar-refractivity contribution in [2.24, 2.45) is 0 Å². The summed E-state index contributed by atoms with van der Waals surface area (Å²) in [4.78, 5) is 17.0. The Bertz CT molecular complexity index is 1510. The molecule has 6 nitrogen and oxygen atoms in total. The van der Waals surface area contributed by atoms with Gasteiger partial charge in [0, 0.05) is 17.7 Å². The zero-order valence-electron chi connectivity index (χ0n) is 18.0. The second-order valence-corrected chi connectivity index (χ2v) is 8.78. The number of oxazole rings is 1. The minimum Gasteiger partial charge on any atom is -0.451 e. The number of rotatable bonds is 5. The van der Waals surface area contributed by atoms with Gasteiger partial charge in [0.05, 0.1) is 10.0 Å². The third-order valence-corrected chi connectivity index (χ3v) is 6.29. The summed E-state index contributed by atoms with van der Waals surface area (Å²) in [5.74, 6) is 0.618. The molecule has 2 heterocycles. The topological polar surface area (TPSA) is 80.3 Å². The number of nitrogens with one attached hydrogen (secondary N) is 2. The Hall–Kier alpha value is -3.65. The first-order valence-corrected chi connectivity index (χ1v) is 11.7. The molecule has 1 amide bonds. The smallest absolute Gasteiger partial charge is 0.293 e. The highest BCUT2D eigenvalue weighted by Crippen LogP contribution is 2.34. The van der Waals surface area contributed by atoms with E-state index < -0.39 is 5.91 Å². The first kappa shape index (κ1) is 23.1. The Labute approximate surface area is 215 Å². The van der Waals surface area contributed by atoms with Crippen molar-refractivity contribution >= 4 is 57.5 Å². The summed E-state index contributed by atoms with van der Waals surface area (Å²) in [7, 11) is 0. The highest BCUT2D eigenvalue weighted by molar-refractivity contribution is 7.80. The summed E-state index contributed by atoms with van der Waals surface area (Å²) >= 11 is 17.5. The Morgan fingerprint density at radius 1 is 0.914 bits per heavy atom. The van der Waals surface area contributed by atoms with E-state index in [1.54, 1.807) is 30.3 Å². The molecule has 174 valence electrons. The van der Waals surface area contributed by atoms with E-state index in [9.17, 15) is 4.79 Å². The Morgan fingerprint density at radius 2 is 1.71 bits per heavy atom. The predicted molar refractivity (Wildman–Crippen MR) is 141 cm³/mol. The van der Waals surface area contributed by atoms with Crippen molar-refractivity contribution in [1.29, 1.82) is 0 Å². The maximum atomic E-state index is 12.5. The van der Waals surface area contributed by atoms with Crippen molar-refractivity contribution in [2.75, 3.05) is 0 Å². The van der Waals surface area contributed by atoms with E-state index in [4.69, 9.17) is 44.3 Å². The molecular formula is C26H17Cl2N3O3S. The average Bonchev–Trinajstić information content (AvgIpc) is 3.52. The molecule has 5 rings (SSSR count). The lowest BCUT2D eigenvalue weighted by Gasteiger charge is -2.09. The first-order chi connectivity index (χ1) is 17.0. The van der Waals surface area contributed by atoms with Crippen LogP contribution < -0.4 is 10.6 Å². The van der Waals surface area contributed by atoms with Crippen molar-refractivity contribution in [3.63, 3.8) is 0 Å². The number of benzene rings is 3. The van der Waals surface area contributed by atoms with Crippen LogP contribution in [0.15, 0.2) is 87.7 Å². The van der Waals surface area contributed by atoms with Gasteiger partial charge >= 0.3 is 0 Å². The van der Waals surface area contributed by atoms with Gasteiger partial charge in [0.15, 0.2) is 16.5 Å². The van der Waals surface area contributed by atoms with Gasteiger partial charge in [0.25, 0.3) is 5.91 Å². The van der Waals surface area contributed by atoms with E-state index in [1.165, 1.54) is 0 Å². The second kappa shape index (κ2) is 9.92. The maximum Gasteiger partial charge on any atom is 0.293 e. The number of amides is 1. The van der Waals surface area contributed by atoms with E-state index in [0.717, 1.165) is 22.2 Å². The highest BCUT2D eigenvalue weighted by Gasteiger charge is 2.16. The second-order valence-electron chi connectivity index (χ2n) is 7.59. The number of carbonyl (C=O) groups excluding carboxylic acids is 1. The molecule has 0 fully saturated rings. The number of hydrogen-bond donors (Lipinski definition) is 2. The van der Waals surface area contributed by atoms with Crippen molar-refractivity contribution in [1.82, 2.24) is 15.6 Å². The molecule has 0 aliphatic rings. The van der Waals surface area contributed by atoms with Crippen LogP contribution in [0.1, 0.15) is 16.1 Å². The van der Waals surface area contributed by atoms with E-state index in [1.807, 2.05) is 48.5 Å². The van der Waals surface area contributed by atoms with Crippen LogP contribution in [0.5, 0.6) is 0 Å². The molecule has 0 aliphatic heterocycles. The summed E-state index contributed by atoms with van der Waals surface area (Å²) < 4.78 is 11.5. The lowest BCUT2D eigenvalue weighted by molar-refractivity contribution is 0.0950. The van der Waals surface area contributed by atoms with Crippen LogP contribution >= 0.6 is 35.4 Å². The number of halogens is 2. The van der Waals surface area contributed by atoms with Crippen LogP contribution in [0.3, 0.4) is 0 Å². The highest BCUT2D eigenvalue weighted by atomic mass is 35.5. The Balaban J connectivity index is 1.17. The molecule has 0 atom stereocenters. The third kappa shape index (κ3) is 5.07. The summed E-state index contributed by atoms with van der Waals surface area (Å²) in [6.45, 7) is 0.425. The minimum atomic E-state index is -0.474. The van der Waals surface area contributed by atoms with Crippen LogP contribution in [-0.4, -0.2) is 16.0 Å². The number of para-hydroxylation sites is 2. The van der Waals surface area contributed by atoms with Gasteiger partial charge < -0.3 is 14.2 Å². The molecule has 9 heteroatoms. The number of furan rings is 1. The van der Waals surface area contributed by atoms with E-state index >= 15 is 0 Å². The van der Waals surface area contributed by atoms with Gasteiger partial charge in [0.1, 0.15) is 11.3 Å². The number of fused-ring (bicyclic) bond motifs is 1. The monoisotopic (exact) mass is 521 g/mol. The standard InChI is InChI=1S/C26H17Cl2N3O3S/c27-18-5-3-4-17(23(18)28)20-12-13-22(33-20)24(32)31-26(35)29-14-15-8-10-16(11-9-15)25-30-19-6-1-2-7-21(19)34-25/h1-13H,14H2,(H2,29,31,32,35). The van der Waals surface area contributed by atoms with Crippen LogP contribution in [0, 0.1) is 0 Å². The van der Waals surface area contributed by atoms with Crippen molar-refractivity contribution < 1.29 is 13.6 Å². The van der Waals surface area contributed by atoms with Gasteiger partial charge in [-0.3, -0.25) is 10.1 Å². The largest absolute Gasteiger partial charge is 0.451 e. The molecule has 0 unspecified atom stereocenters. The molecule has 35 heavy (non-hydrogen) atoms. The summed E-state index contributed by atoms with van der Waals surface area (Å²) in [5.41, 5.74) is 3.99. The number of aromatic nitrogens is 1. The van der Waals surface area contributed by atoms with Gasteiger partial charge in [-0.15, -0.1) is 0 Å². The number of thiocarbonyl (C=S) groups is 1. The van der Waals surface area contributed by atoms with Crippen molar-refractivity contribution in [3.05, 3.63) is 100 Å². The van der Waals surface area contributed by atoms with Crippen LogP contribution in [0.2, 0.25) is 10.0 Å².